The van der Waals surface area contributed by atoms with E-state index in [2.05, 4.69) is 4.90 Å². The minimum absolute atomic E-state index is 0.109. The number of aliphatic hydroxyl groups excluding tert-OH is 1. The molecule has 2 aliphatic rings. The molecular weight excluding hydrogens is 335 g/mol. The SMILES string of the molecule is C[C@H](O)C[C@@H]1CCCCN1CC(=O)N1CCO[C@@H](c2ccc(F)cc2)C1. The minimum Gasteiger partial charge on any atom is -0.393 e. The molecule has 26 heavy (non-hydrogen) atoms. The van der Waals surface area contributed by atoms with Gasteiger partial charge in [0.15, 0.2) is 0 Å². The summed E-state index contributed by atoms with van der Waals surface area (Å²) in [5, 5.41) is 9.72. The van der Waals surface area contributed by atoms with Gasteiger partial charge in [0.25, 0.3) is 0 Å². The van der Waals surface area contributed by atoms with Gasteiger partial charge in [0.2, 0.25) is 5.91 Å². The second-order valence-corrected chi connectivity index (χ2v) is 7.46. The van der Waals surface area contributed by atoms with E-state index in [1.54, 1.807) is 12.1 Å². The van der Waals surface area contributed by atoms with E-state index in [9.17, 15) is 14.3 Å². The number of morpholine rings is 1. The average molecular weight is 364 g/mol. The first-order chi connectivity index (χ1) is 12.5. The van der Waals surface area contributed by atoms with E-state index in [0.29, 0.717) is 32.7 Å². The van der Waals surface area contributed by atoms with Crippen molar-refractivity contribution < 1.29 is 19.0 Å². The van der Waals surface area contributed by atoms with Crippen LogP contribution in [0.1, 0.15) is 44.3 Å². The molecule has 3 atom stereocenters. The van der Waals surface area contributed by atoms with Crippen molar-refractivity contribution in [1.82, 2.24) is 9.80 Å². The zero-order chi connectivity index (χ0) is 18.5. The highest BCUT2D eigenvalue weighted by molar-refractivity contribution is 5.78. The smallest absolute Gasteiger partial charge is 0.236 e. The number of carbonyl (C=O) groups excluding carboxylic acids is 1. The summed E-state index contributed by atoms with van der Waals surface area (Å²) in [6, 6.07) is 6.57. The maximum atomic E-state index is 13.1. The summed E-state index contributed by atoms with van der Waals surface area (Å²) in [6.45, 7) is 4.70. The molecule has 0 aromatic heterocycles. The molecule has 1 amide bonds. The van der Waals surface area contributed by atoms with Crippen LogP contribution in [0.15, 0.2) is 24.3 Å². The Labute approximate surface area is 154 Å². The third kappa shape index (κ3) is 5.02. The van der Waals surface area contributed by atoms with Crippen molar-refractivity contribution in [3.8, 4) is 0 Å². The highest BCUT2D eigenvalue weighted by atomic mass is 19.1. The van der Waals surface area contributed by atoms with E-state index in [-0.39, 0.29) is 30.0 Å². The predicted octanol–water partition coefficient (Wildman–Crippen LogP) is 2.35. The second-order valence-electron chi connectivity index (χ2n) is 7.46. The monoisotopic (exact) mass is 364 g/mol. The van der Waals surface area contributed by atoms with Crippen LogP contribution < -0.4 is 0 Å². The van der Waals surface area contributed by atoms with Gasteiger partial charge in [-0.3, -0.25) is 9.69 Å². The molecule has 1 aromatic carbocycles. The highest BCUT2D eigenvalue weighted by Crippen LogP contribution is 2.24. The molecular formula is C20H29FN2O3. The molecule has 5 nitrogen and oxygen atoms in total. The topological polar surface area (TPSA) is 53.0 Å². The van der Waals surface area contributed by atoms with Crippen molar-refractivity contribution in [3.63, 3.8) is 0 Å². The van der Waals surface area contributed by atoms with Crippen molar-refractivity contribution in [1.29, 1.82) is 0 Å². The Morgan fingerprint density at radius 1 is 1.31 bits per heavy atom. The van der Waals surface area contributed by atoms with E-state index >= 15 is 0 Å². The molecule has 0 spiro atoms. The summed E-state index contributed by atoms with van der Waals surface area (Å²) >= 11 is 0. The largest absolute Gasteiger partial charge is 0.393 e. The number of benzene rings is 1. The number of carbonyl (C=O) groups is 1. The van der Waals surface area contributed by atoms with Gasteiger partial charge in [-0.2, -0.15) is 0 Å². The Morgan fingerprint density at radius 2 is 2.08 bits per heavy atom. The van der Waals surface area contributed by atoms with Crippen LogP contribution in [0.4, 0.5) is 4.39 Å². The molecule has 0 radical (unpaired) electrons. The van der Waals surface area contributed by atoms with Crippen LogP contribution in [0.2, 0.25) is 0 Å². The zero-order valence-electron chi connectivity index (χ0n) is 15.4. The molecule has 3 rings (SSSR count). The molecule has 0 aliphatic carbocycles. The molecule has 0 saturated carbocycles. The van der Waals surface area contributed by atoms with Crippen molar-refractivity contribution in [2.75, 3.05) is 32.8 Å². The first-order valence-corrected chi connectivity index (χ1v) is 9.60. The van der Waals surface area contributed by atoms with Crippen LogP contribution in [-0.4, -0.2) is 65.7 Å². The van der Waals surface area contributed by atoms with Gasteiger partial charge in [-0.15, -0.1) is 0 Å². The minimum atomic E-state index is -0.345. The van der Waals surface area contributed by atoms with Crippen molar-refractivity contribution in [2.24, 2.45) is 0 Å². The number of hydrogen-bond donors (Lipinski definition) is 1. The van der Waals surface area contributed by atoms with Crippen LogP contribution in [0.3, 0.4) is 0 Å². The number of rotatable bonds is 5. The molecule has 6 heteroatoms. The van der Waals surface area contributed by atoms with Gasteiger partial charge in [-0.1, -0.05) is 18.6 Å². The maximum absolute atomic E-state index is 13.1. The van der Waals surface area contributed by atoms with Crippen molar-refractivity contribution in [3.05, 3.63) is 35.6 Å². The Hall–Kier alpha value is -1.50. The summed E-state index contributed by atoms with van der Waals surface area (Å²) in [7, 11) is 0. The van der Waals surface area contributed by atoms with Gasteiger partial charge < -0.3 is 14.7 Å². The van der Waals surface area contributed by atoms with E-state index in [1.165, 1.54) is 12.1 Å². The fraction of sp³-hybridized carbons (Fsp3) is 0.650. The van der Waals surface area contributed by atoms with Crippen LogP contribution in [0, 0.1) is 5.82 Å². The van der Waals surface area contributed by atoms with E-state index in [4.69, 9.17) is 4.74 Å². The summed E-state index contributed by atoms with van der Waals surface area (Å²) in [6.07, 6.45) is 3.47. The summed E-state index contributed by atoms with van der Waals surface area (Å²) in [4.78, 5) is 16.9. The Morgan fingerprint density at radius 3 is 2.81 bits per heavy atom. The van der Waals surface area contributed by atoms with E-state index in [0.717, 1.165) is 31.4 Å². The average Bonchev–Trinajstić information content (AvgIpc) is 2.63. The molecule has 2 heterocycles. The van der Waals surface area contributed by atoms with Gasteiger partial charge in [0.05, 0.1) is 25.8 Å². The molecule has 144 valence electrons. The van der Waals surface area contributed by atoms with Crippen LogP contribution in [-0.2, 0) is 9.53 Å². The summed E-state index contributed by atoms with van der Waals surface area (Å²) in [5.41, 5.74) is 0.897. The van der Waals surface area contributed by atoms with Gasteiger partial charge in [-0.25, -0.2) is 4.39 Å². The third-order valence-corrected chi connectivity index (χ3v) is 5.36. The zero-order valence-corrected chi connectivity index (χ0v) is 15.4. The fourth-order valence-corrected chi connectivity index (χ4v) is 3.96. The predicted molar refractivity (Wildman–Crippen MR) is 97.2 cm³/mol. The number of nitrogens with zero attached hydrogens (tertiary/aromatic N) is 2. The Kier molecular flexibility index (Phi) is 6.62. The van der Waals surface area contributed by atoms with Gasteiger partial charge in [0.1, 0.15) is 11.9 Å². The quantitative estimate of drug-likeness (QED) is 0.871. The first kappa shape index (κ1) is 19.3. The molecule has 1 aromatic rings. The summed E-state index contributed by atoms with van der Waals surface area (Å²) < 4.78 is 18.9. The van der Waals surface area contributed by atoms with Crippen molar-refractivity contribution >= 4 is 5.91 Å². The standard InChI is InChI=1S/C20H29FN2O3/c1-15(24)12-18-4-2-3-9-22(18)14-20(25)23-10-11-26-19(13-23)16-5-7-17(21)8-6-16/h5-8,15,18-19,24H,2-4,9-14H2,1H3/t15-,18-,19+/m0/s1. The molecule has 0 bridgehead atoms. The lowest BCUT2D eigenvalue weighted by Gasteiger charge is -2.39. The first-order valence-electron chi connectivity index (χ1n) is 9.60. The number of aliphatic hydroxyl groups is 1. The maximum Gasteiger partial charge on any atom is 0.236 e. The number of piperidine rings is 1. The lowest BCUT2D eigenvalue weighted by Crippen LogP contribution is -2.50. The van der Waals surface area contributed by atoms with Crippen LogP contribution in [0.5, 0.6) is 0 Å². The molecule has 2 saturated heterocycles. The third-order valence-electron chi connectivity index (χ3n) is 5.36. The van der Waals surface area contributed by atoms with Gasteiger partial charge in [-0.05, 0) is 50.4 Å². The van der Waals surface area contributed by atoms with E-state index < -0.39 is 0 Å². The number of halogens is 1. The number of likely N-dealkylation sites (tertiary alicyclic amines) is 1. The second kappa shape index (κ2) is 8.93. The highest BCUT2D eigenvalue weighted by Gasteiger charge is 2.30. The van der Waals surface area contributed by atoms with Gasteiger partial charge in [0, 0.05) is 12.6 Å². The molecule has 1 N–H and O–H groups in total. The summed E-state index contributed by atoms with van der Waals surface area (Å²) in [5.74, 6) is -0.162. The van der Waals surface area contributed by atoms with Crippen LogP contribution in [0.25, 0.3) is 0 Å². The fourth-order valence-electron chi connectivity index (χ4n) is 3.96. The molecule has 2 aliphatic heterocycles. The number of ether oxygens (including phenoxy) is 1. The normalized spacial score (nSPS) is 25.9. The van der Waals surface area contributed by atoms with E-state index in [1.807, 2.05) is 11.8 Å². The number of hydrogen-bond acceptors (Lipinski definition) is 4. The molecule has 0 unspecified atom stereocenters. The molecule has 2 fully saturated rings. The Balaban J connectivity index is 1.59. The van der Waals surface area contributed by atoms with Crippen LogP contribution >= 0.6 is 0 Å². The lowest BCUT2D eigenvalue weighted by atomic mass is 9.97. The van der Waals surface area contributed by atoms with Gasteiger partial charge >= 0.3 is 0 Å². The van der Waals surface area contributed by atoms with Crippen molar-refractivity contribution in [2.45, 2.75) is 50.9 Å². The lowest BCUT2D eigenvalue weighted by molar-refractivity contribution is -0.141. The number of amides is 1. The Bertz CT molecular complexity index is 593.